The second-order valence-corrected chi connectivity index (χ2v) is 6.46. The maximum Gasteiger partial charge on any atom is 0.328 e. The number of carboxylic acids is 1. The Hall–Kier alpha value is -1.57. The Balaban J connectivity index is 2.12. The van der Waals surface area contributed by atoms with E-state index in [0.717, 1.165) is 24.8 Å². The third-order valence-corrected chi connectivity index (χ3v) is 3.64. The predicted molar refractivity (Wildman–Crippen MR) is 77.3 cm³/mol. The largest absolute Gasteiger partial charge is 0.478 e. The molecule has 0 saturated heterocycles. The summed E-state index contributed by atoms with van der Waals surface area (Å²) in [7, 11) is 0. The van der Waals surface area contributed by atoms with Gasteiger partial charge in [-0.3, -0.25) is 0 Å². The molecule has 1 N–H and O–H groups in total. The van der Waals surface area contributed by atoms with Gasteiger partial charge in [0.25, 0.3) is 0 Å². The zero-order valence-electron chi connectivity index (χ0n) is 11.9. The summed E-state index contributed by atoms with van der Waals surface area (Å²) < 4.78 is 0. The molecule has 0 aromatic heterocycles. The maximum atomic E-state index is 10.8. The van der Waals surface area contributed by atoms with Crippen molar-refractivity contribution in [2.24, 2.45) is 5.92 Å². The van der Waals surface area contributed by atoms with E-state index in [0.29, 0.717) is 5.92 Å². The minimum atomic E-state index is -0.826. The molecule has 1 aromatic rings. The molecule has 19 heavy (non-hydrogen) atoms. The van der Waals surface area contributed by atoms with Crippen molar-refractivity contribution in [2.75, 3.05) is 0 Å². The first kappa shape index (κ1) is 13.9. The fourth-order valence-corrected chi connectivity index (χ4v) is 2.28. The van der Waals surface area contributed by atoms with Crippen LogP contribution in [0.15, 0.2) is 35.9 Å². The van der Waals surface area contributed by atoms with Crippen molar-refractivity contribution in [3.63, 3.8) is 0 Å². The molecule has 1 saturated carbocycles. The van der Waals surface area contributed by atoms with Crippen LogP contribution in [-0.2, 0) is 16.6 Å². The summed E-state index contributed by atoms with van der Waals surface area (Å²) in [4.78, 5) is 10.8. The predicted octanol–water partition coefficient (Wildman–Crippen LogP) is 3.95. The Kier molecular flexibility index (Phi) is 3.79. The molecule has 0 bridgehead atoms. The average molecular weight is 258 g/mol. The van der Waals surface area contributed by atoms with Crippen molar-refractivity contribution in [2.45, 2.75) is 45.4 Å². The second-order valence-electron chi connectivity index (χ2n) is 6.46. The van der Waals surface area contributed by atoms with E-state index in [2.05, 4.69) is 45.0 Å². The van der Waals surface area contributed by atoms with Gasteiger partial charge in [0.05, 0.1) is 0 Å². The van der Waals surface area contributed by atoms with E-state index in [-0.39, 0.29) is 5.41 Å². The Morgan fingerprint density at radius 3 is 2.26 bits per heavy atom. The Morgan fingerprint density at radius 2 is 1.84 bits per heavy atom. The number of carboxylic acid groups (broad SMARTS) is 1. The number of hydrogen-bond donors (Lipinski definition) is 1. The Labute approximate surface area is 115 Å². The van der Waals surface area contributed by atoms with Crippen LogP contribution in [0, 0.1) is 5.92 Å². The van der Waals surface area contributed by atoms with Crippen molar-refractivity contribution >= 4 is 5.97 Å². The lowest BCUT2D eigenvalue weighted by Crippen LogP contribution is -2.10. The van der Waals surface area contributed by atoms with Crippen molar-refractivity contribution in [3.05, 3.63) is 47.0 Å². The summed E-state index contributed by atoms with van der Waals surface area (Å²) in [5.41, 5.74) is 3.74. The summed E-state index contributed by atoms with van der Waals surface area (Å²) >= 11 is 0. The highest BCUT2D eigenvalue weighted by Crippen LogP contribution is 2.38. The van der Waals surface area contributed by atoms with Crippen LogP contribution in [0.25, 0.3) is 0 Å². The van der Waals surface area contributed by atoms with Gasteiger partial charge in [0.2, 0.25) is 0 Å². The van der Waals surface area contributed by atoms with Crippen LogP contribution in [0.1, 0.15) is 44.7 Å². The standard InChI is InChI=1S/C17H22O2/c1-17(2,3)15-8-4-12(5-9-15)10-14(11-16(18)19)13-6-7-13/h4-5,8-9,11,13H,6-7,10H2,1-3H3,(H,18,19)/b14-11-. The highest BCUT2D eigenvalue weighted by molar-refractivity contribution is 5.81. The third-order valence-electron chi connectivity index (χ3n) is 3.64. The first-order chi connectivity index (χ1) is 8.86. The first-order valence-electron chi connectivity index (χ1n) is 6.89. The first-order valence-corrected chi connectivity index (χ1v) is 6.89. The van der Waals surface area contributed by atoms with E-state index < -0.39 is 5.97 Å². The summed E-state index contributed by atoms with van der Waals surface area (Å²) in [6.07, 6.45) is 4.44. The maximum absolute atomic E-state index is 10.8. The third kappa shape index (κ3) is 3.95. The summed E-state index contributed by atoms with van der Waals surface area (Å²) in [5.74, 6) is -0.327. The van der Waals surface area contributed by atoms with Gasteiger partial charge in [-0.25, -0.2) is 4.79 Å². The van der Waals surface area contributed by atoms with Gasteiger partial charge in [0.15, 0.2) is 0 Å². The molecule has 102 valence electrons. The molecule has 1 aliphatic carbocycles. The number of aliphatic carboxylic acids is 1. The number of benzene rings is 1. The highest BCUT2D eigenvalue weighted by atomic mass is 16.4. The molecule has 1 fully saturated rings. The van der Waals surface area contributed by atoms with Crippen LogP contribution >= 0.6 is 0 Å². The zero-order chi connectivity index (χ0) is 14.0. The zero-order valence-corrected chi connectivity index (χ0v) is 11.9. The van der Waals surface area contributed by atoms with Crippen LogP contribution in [-0.4, -0.2) is 11.1 Å². The quantitative estimate of drug-likeness (QED) is 0.830. The lowest BCUT2D eigenvalue weighted by atomic mass is 9.86. The topological polar surface area (TPSA) is 37.3 Å². The fourth-order valence-electron chi connectivity index (χ4n) is 2.28. The molecule has 0 heterocycles. The normalized spacial score (nSPS) is 16.5. The Bertz CT molecular complexity index is 485. The second kappa shape index (κ2) is 5.20. The van der Waals surface area contributed by atoms with Gasteiger partial charge in [-0.1, -0.05) is 50.6 Å². The lowest BCUT2D eigenvalue weighted by Gasteiger charge is -2.19. The van der Waals surface area contributed by atoms with Gasteiger partial charge in [-0.2, -0.15) is 0 Å². The number of carbonyl (C=O) groups is 1. The fraction of sp³-hybridized carbons (Fsp3) is 0.471. The van der Waals surface area contributed by atoms with E-state index in [1.807, 2.05) is 0 Å². The van der Waals surface area contributed by atoms with Crippen molar-refractivity contribution < 1.29 is 9.90 Å². The van der Waals surface area contributed by atoms with Crippen LogP contribution in [0.3, 0.4) is 0 Å². The van der Waals surface area contributed by atoms with Gasteiger partial charge in [0, 0.05) is 6.08 Å². The lowest BCUT2D eigenvalue weighted by molar-refractivity contribution is -0.131. The van der Waals surface area contributed by atoms with Crippen molar-refractivity contribution in [1.29, 1.82) is 0 Å². The molecule has 2 heteroatoms. The van der Waals surface area contributed by atoms with E-state index in [1.54, 1.807) is 0 Å². The van der Waals surface area contributed by atoms with Gasteiger partial charge < -0.3 is 5.11 Å². The Morgan fingerprint density at radius 1 is 1.26 bits per heavy atom. The van der Waals surface area contributed by atoms with Gasteiger partial charge in [-0.05, 0) is 41.7 Å². The average Bonchev–Trinajstić information content (AvgIpc) is 3.10. The monoisotopic (exact) mass is 258 g/mol. The van der Waals surface area contributed by atoms with Gasteiger partial charge in [-0.15, -0.1) is 0 Å². The van der Waals surface area contributed by atoms with E-state index in [1.165, 1.54) is 17.2 Å². The van der Waals surface area contributed by atoms with Crippen LogP contribution in [0.2, 0.25) is 0 Å². The molecule has 0 atom stereocenters. The van der Waals surface area contributed by atoms with Crippen LogP contribution < -0.4 is 0 Å². The van der Waals surface area contributed by atoms with Gasteiger partial charge in [0.1, 0.15) is 0 Å². The molecule has 1 aromatic carbocycles. The summed E-state index contributed by atoms with van der Waals surface area (Å²) in [6, 6.07) is 8.55. The molecule has 0 aliphatic heterocycles. The summed E-state index contributed by atoms with van der Waals surface area (Å²) in [6.45, 7) is 6.59. The molecule has 1 aliphatic rings. The molecular weight excluding hydrogens is 236 g/mol. The number of rotatable bonds is 4. The van der Waals surface area contributed by atoms with Gasteiger partial charge >= 0.3 is 5.97 Å². The molecular formula is C17H22O2. The minimum Gasteiger partial charge on any atom is -0.478 e. The van der Waals surface area contributed by atoms with E-state index >= 15 is 0 Å². The highest BCUT2D eigenvalue weighted by Gasteiger charge is 2.26. The number of hydrogen-bond acceptors (Lipinski definition) is 1. The van der Waals surface area contributed by atoms with E-state index in [4.69, 9.17) is 5.11 Å². The van der Waals surface area contributed by atoms with E-state index in [9.17, 15) is 4.79 Å². The molecule has 2 rings (SSSR count). The molecule has 0 amide bonds. The molecule has 0 spiro atoms. The smallest absolute Gasteiger partial charge is 0.328 e. The molecule has 0 unspecified atom stereocenters. The van der Waals surface area contributed by atoms with Crippen molar-refractivity contribution in [1.82, 2.24) is 0 Å². The number of allylic oxidation sites excluding steroid dienone is 1. The van der Waals surface area contributed by atoms with Crippen molar-refractivity contribution in [3.8, 4) is 0 Å². The van der Waals surface area contributed by atoms with Crippen LogP contribution in [0.4, 0.5) is 0 Å². The SMILES string of the molecule is CC(C)(C)c1ccc(C/C(=C/C(=O)O)C2CC2)cc1. The molecule has 0 radical (unpaired) electrons. The minimum absolute atomic E-state index is 0.161. The van der Waals surface area contributed by atoms with Crippen LogP contribution in [0.5, 0.6) is 0 Å². The molecule has 2 nitrogen and oxygen atoms in total. The summed E-state index contributed by atoms with van der Waals surface area (Å²) in [5, 5.41) is 8.91.